The molecule has 5 heteroatoms. The first-order valence-electron chi connectivity index (χ1n) is 6.79. The predicted octanol–water partition coefficient (Wildman–Crippen LogP) is 2.59. The van der Waals surface area contributed by atoms with Crippen molar-refractivity contribution in [1.82, 2.24) is 0 Å². The van der Waals surface area contributed by atoms with Crippen molar-refractivity contribution >= 4 is 29.2 Å². The lowest BCUT2D eigenvalue weighted by Crippen LogP contribution is -2.32. The van der Waals surface area contributed by atoms with Gasteiger partial charge >= 0.3 is 5.97 Å². The van der Waals surface area contributed by atoms with E-state index >= 15 is 0 Å². The highest BCUT2D eigenvalue weighted by Gasteiger charge is 2.37. The van der Waals surface area contributed by atoms with Crippen LogP contribution in [0, 0.1) is 0 Å². The minimum Gasteiger partial charge on any atom is -0.405 e. The van der Waals surface area contributed by atoms with E-state index in [2.05, 4.69) is 9.98 Å². The highest BCUT2D eigenvalue weighted by molar-refractivity contribution is 6.36. The lowest BCUT2D eigenvalue weighted by Gasteiger charge is -2.11. The van der Waals surface area contributed by atoms with Gasteiger partial charge in [-0.15, -0.1) is 11.6 Å². The van der Waals surface area contributed by atoms with Crippen molar-refractivity contribution in [2.75, 3.05) is 6.54 Å². The standard InChI is InChI=1S/C15H15ClN2O2/c16-11-8-4-5-9-17-12(11)13-15(19)20-14(18-13)10-6-2-1-3-7-10/h1-3,6-7,11,13H,4-5,8-9H2/t11-,13-/m1/s1. The fraction of sp³-hybridized carbons (Fsp3) is 0.400. The highest BCUT2D eigenvalue weighted by Crippen LogP contribution is 2.22. The smallest absolute Gasteiger partial charge is 0.343 e. The molecule has 2 aliphatic rings. The Morgan fingerprint density at radius 1 is 1.20 bits per heavy atom. The Bertz CT molecular complexity index is 568. The molecule has 0 spiro atoms. The molecule has 0 fully saturated rings. The Balaban J connectivity index is 1.88. The zero-order valence-electron chi connectivity index (χ0n) is 11.0. The van der Waals surface area contributed by atoms with Gasteiger partial charge < -0.3 is 4.74 Å². The van der Waals surface area contributed by atoms with Crippen molar-refractivity contribution in [1.29, 1.82) is 0 Å². The van der Waals surface area contributed by atoms with Crippen molar-refractivity contribution in [3.8, 4) is 0 Å². The van der Waals surface area contributed by atoms with Crippen molar-refractivity contribution in [2.45, 2.75) is 30.7 Å². The molecule has 3 rings (SSSR count). The molecule has 2 heterocycles. The van der Waals surface area contributed by atoms with E-state index in [1.165, 1.54) is 0 Å². The monoisotopic (exact) mass is 290 g/mol. The highest BCUT2D eigenvalue weighted by atomic mass is 35.5. The second-order valence-corrected chi connectivity index (χ2v) is 5.42. The maximum atomic E-state index is 12.0. The largest absolute Gasteiger partial charge is 0.405 e. The van der Waals surface area contributed by atoms with Crippen molar-refractivity contribution in [2.24, 2.45) is 9.98 Å². The topological polar surface area (TPSA) is 51.0 Å². The van der Waals surface area contributed by atoms with E-state index in [0.29, 0.717) is 18.2 Å². The van der Waals surface area contributed by atoms with Crippen LogP contribution < -0.4 is 0 Å². The summed E-state index contributed by atoms with van der Waals surface area (Å²) in [5, 5.41) is -0.228. The number of carbonyl (C=O) groups excluding carboxylic acids is 1. The zero-order valence-corrected chi connectivity index (χ0v) is 11.7. The number of halogens is 1. The molecule has 2 aliphatic heterocycles. The molecular formula is C15H15ClN2O2. The van der Waals surface area contributed by atoms with Crippen molar-refractivity contribution in [3.05, 3.63) is 35.9 Å². The van der Waals surface area contributed by atoms with Gasteiger partial charge in [0, 0.05) is 12.1 Å². The van der Waals surface area contributed by atoms with Gasteiger partial charge in [0.2, 0.25) is 5.90 Å². The normalized spacial score (nSPS) is 26.6. The second-order valence-electron chi connectivity index (χ2n) is 4.89. The van der Waals surface area contributed by atoms with Gasteiger partial charge in [0.05, 0.1) is 11.1 Å². The number of benzene rings is 1. The fourth-order valence-electron chi connectivity index (χ4n) is 2.40. The summed E-state index contributed by atoms with van der Waals surface area (Å²) in [6, 6.07) is 8.72. The van der Waals surface area contributed by atoms with Gasteiger partial charge in [0.1, 0.15) is 0 Å². The molecule has 1 aromatic rings. The third-order valence-corrected chi connectivity index (χ3v) is 3.89. The molecule has 0 unspecified atom stereocenters. The van der Waals surface area contributed by atoms with Gasteiger partial charge in [0.15, 0.2) is 6.04 Å². The molecule has 0 aromatic heterocycles. The molecule has 0 aliphatic carbocycles. The van der Waals surface area contributed by atoms with Crippen LogP contribution in [0.25, 0.3) is 0 Å². The van der Waals surface area contributed by atoms with Gasteiger partial charge in [-0.2, -0.15) is 0 Å². The summed E-state index contributed by atoms with van der Waals surface area (Å²) in [5.41, 5.74) is 1.45. The lowest BCUT2D eigenvalue weighted by molar-refractivity contribution is -0.133. The number of hydrogen-bond donors (Lipinski definition) is 0. The summed E-state index contributed by atoms with van der Waals surface area (Å²) in [4.78, 5) is 20.9. The molecule has 0 N–H and O–H groups in total. The lowest BCUT2D eigenvalue weighted by atomic mass is 10.1. The van der Waals surface area contributed by atoms with Crippen LogP contribution in [0.15, 0.2) is 40.3 Å². The first kappa shape index (κ1) is 13.3. The number of ether oxygens (including phenoxy) is 1. The predicted molar refractivity (Wildman–Crippen MR) is 78.7 cm³/mol. The molecule has 0 radical (unpaired) electrons. The molecule has 2 atom stereocenters. The van der Waals surface area contributed by atoms with E-state index in [1.807, 2.05) is 30.3 Å². The Kier molecular flexibility index (Phi) is 3.83. The molecular weight excluding hydrogens is 276 g/mol. The quantitative estimate of drug-likeness (QED) is 0.621. The fourth-order valence-corrected chi connectivity index (χ4v) is 2.74. The van der Waals surface area contributed by atoms with Gasteiger partial charge in [-0.05, 0) is 31.4 Å². The van der Waals surface area contributed by atoms with Crippen LogP contribution in [0.2, 0.25) is 0 Å². The van der Waals surface area contributed by atoms with E-state index < -0.39 is 6.04 Å². The number of nitrogens with zero attached hydrogens (tertiary/aromatic N) is 2. The number of carbonyl (C=O) groups is 1. The van der Waals surface area contributed by atoms with Crippen LogP contribution in [0.4, 0.5) is 0 Å². The molecule has 20 heavy (non-hydrogen) atoms. The average Bonchev–Trinajstić information content (AvgIpc) is 2.72. The molecule has 104 valence electrons. The summed E-state index contributed by atoms with van der Waals surface area (Å²) < 4.78 is 5.27. The minimum absolute atomic E-state index is 0.228. The molecule has 0 saturated heterocycles. The van der Waals surface area contributed by atoms with E-state index in [-0.39, 0.29) is 11.3 Å². The average molecular weight is 291 g/mol. The Labute approximate surface area is 122 Å². The number of cyclic esters (lactones) is 1. The Hall–Kier alpha value is -1.68. The number of esters is 1. The number of rotatable bonds is 2. The Morgan fingerprint density at radius 2 is 2.00 bits per heavy atom. The first-order chi connectivity index (χ1) is 9.75. The van der Waals surface area contributed by atoms with Crippen LogP contribution in [0.5, 0.6) is 0 Å². The maximum Gasteiger partial charge on any atom is 0.343 e. The number of hydrogen-bond acceptors (Lipinski definition) is 4. The molecule has 1 aromatic carbocycles. The van der Waals surface area contributed by atoms with E-state index in [1.54, 1.807) is 0 Å². The van der Waals surface area contributed by atoms with Gasteiger partial charge in [-0.3, -0.25) is 4.99 Å². The van der Waals surface area contributed by atoms with Crippen LogP contribution in [-0.2, 0) is 9.53 Å². The van der Waals surface area contributed by atoms with Gasteiger partial charge in [-0.25, -0.2) is 9.79 Å². The first-order valence-corrected chi connectivity index (χ1v) is 7.22. The van der Waals surface area contributed by atoms with Crippen LogP contribution in [0.1, 0.15) is 24.8 Å². The number of aliphatic imine (C=N–C) groups is 2. The summed E-state index contributed by atoms with van der Waals surface area (Å²) in [7, 11) is 0. The summed E-state index contributed by atoms with van der Waals surface area (Å²) >= 11 is 6.32. The minimum atomic E-state index is -0.675. The van der Waals surface area contributed by atoms with Crippen LogP contribution >= 0.6 is 11.6 Å². The van der Waals surface area contributed by atoms with E-state index in [4.69, 9.17) is 16.3 Å². The molecule has 4 nitrogen and oxygen atoms in total. The second kappa shape index (κ2) is 5.75. The Morgan fingerprint density at radius 3 is 2.80 bits per heavy atom. The van der Waals surface area contributed by atoms with Gasteiger partial charge in [-0.1, -0.05) is 18.2 Å². The van der Waals surface area contributed by atoms with E-state index in [9.17, 15) is 4.79 Å². The maximum absolute atomic E-state index is 12.0. The summed E-state index contributed by atoms with van der Waals surface area (Å²) in [5.74, 6) is -0.0217. The summed E-state index contributed by atoms with van der Waals surface area (Å²) in [6.45, 7) is 0.707. The van der Waals surface area contributed by atoms with E-state index in [0.717, 1.165) is 24.8 Å². The van der Waals surface area contributed by atoms with Crippen molar-refractivity contribution < 1.29 is 9.53 Å². The molecule has 0 saturated carbocycles. The van der Waals surface area contributed by atoms with Crippen LogP contribution in [-0.4, -0.2) is 35.5 Å². The third kappa shape index (κ3) is 2.61. The van der Waals surface area contributed by atoms with Crippen molar-refractivity contribution in [3.63, 3.8) is 0 Å². The third-order valence-electron chi connectivity index (χ3n) is 3.45. The molecule has 0 amide bonds. The summed E-state index contributed by atoms with van der Waals surface area (Å²) in [6.07, 6.45) is 2.86. The zero-order chi connectivity index (χ0) is 13.9. The molecule has 0 bridgehead atoms. The van der Waals surface area contributed by atoms with Gasteiger partial charge in [0.25, 0.3) is 0 Å². The van der Waals surface area contributed by atoms with Crippen LogP contribution in [0.3, 0.4) is 0 Å². The SMILES string of the molecule is O=C1OC(c2ccccc2)=N[C@@H]1C1=NCCCC[C@H]1Cl. The number of alkyl halides is 1.